The topological polar surface area (TPSA) is 41.5 Å². The number of nitrogens with one attached hydrogen (secondary N) is 1. The summed E-state index contributed by atoms with van der Waals surface area (Å²) in [6.45, 7) is 8.18. The quantitative estimate of drug-likeness (QED) is 0.877. The Hall–Kier alpha value is -1.06. The maximum absolute atomic E-state index is 9.98. The predicted molar refractivity (Wildman–Crippen MR) is 77.7 cm³/mol. The minimum absolute atomic E-state index is 0.0581. The monoisotopic (exact) mass is 263 g/mol. The molecule has 0 amide bonds. The van der Waals surface area contributed by atoms with Crippen molar-refractivity contribution in [2.45, 2.75) is 44.6 Å². The van der Waals surface area contributed by atoms with Gasteiger partial charge < -0.3 is 15.2 Å². The lowest BCUT2D eigenvalue weighted by molar-refractivity contribution is 0.112. The van der Waals surface area contributed by atoms with Crippen molar-refractivity contribution in [2.75, 3.05) is 19.8 Å². The number of rotatable bonds is 4. The number of ether oxygens (including phenoxy) is 1. The number of hydrogen-bond donors (Lipinski definition) is 2. The van der Waals surface area contributed by atoms with E-state index >= 15 is 0 Å². The van der Waals surface area contributed by atoms with E-state index in [1.54, 1.807) is 0 Å². The van der Waals surface area contributed by atoms with Gasteiger partial charge in [0, 0.05) is 11.0 Å². The van der Waals surface area contributed by atoms with Crippen LogP contribution < -0.4 is 10.1 Å². The summed E-state index contributed by atoms with van der Waals surface area (Å²) in [6, 6.07) is 8.19. The second kappa shape index (κ2) is 5.51. The van der Waals surface area contributed by atoms with Crippen molar-refractivity contribution in [3.63, 3.8) is 0 Å². The molecule has 1 unspecified atom stereocenters. The van der Waals surface area contributed by atoms with Crippen molar-refractivity contribution in [2.24, 2.45) is 0 Å². The lowest BCUT2D eigenvalue weighted by atomic mass is 9.68. The molecule has 1 aliphatic heterocycles. The predicted octanol–water partition coefficient (Wildman–Crippen LogP) is 2.48. The third-order valence-corrected chi connectivity index (χ3v) is 4.05. The zero-order chi connectivity index (χ0) is 13.9. The average Bonchev–Trinajstić information content (AvgIpc) is 2.38. The van der Waals surface area contributed by atoms with Crippen molar-refractivity contribution in [3.8, 4) is 5.75 Å². The lowest BCUT2D eigenvalue weighted by Crippen LogP contribution is -2.53. The molecule has 0 saturated carbocycles. The maximum Gasteiger partial charge on any atom is 0.119 e. The first-order chi connectivity index (χ1) is 9.01. The van der Waals surface area contributed by atoms with Gasteiger partial charge in [-0.05, 0) is 57.9 Å². The first-order valence-corrected chi connectivity index (χ1v) is 7.11. The van der Waals surface area contributed by atoms with E-state index in [0.717, 1.165) is 25.1 Å². The Balaban J connectivity index is 2.32. The summed E-state index contributed by atoms with van der Waals surface area (Å²) >= 11 is 0. The van der Waals surface area contributed by atoms with Crippen molar-refractivity contribution >= 4 is 0 Å². The molecule has 0 spiro atoms. The molecule has 1 atom stereocenters. The summed E-state index contributed by atoms with van der Waals surface area (Å²) in [5.74, 6) is 0.893. The van der Waals surface area contributed by atoms with Crippen LogP contribution >= 0.6 is 0 Å². The van der Waals surface area contributed by atoms with Gasteiger partial charge in [0.1, 0.15) is 5.75 Å². The van der Waals surface area contributed by atoms with Crippen LogP contribution in [0.1, 0.15) is 39.2 Å². The van der Waals surface area contributed by atoms with Crippen LogP contribution in [0.3, 0.4) is 0 Å². The molecule has 1 aromatic rings. The van der Waals surface area contributed by atoms with Gasteiger partial charge in [-0.25, -0.2) is 0 Å². The highest BCUT2D eigenvalue weighted by Gasteiger charge is 2.40. The van der Waals surface area contributed by atoms with Crippen LogP contribution in [0.25, 0.3) is 0 Å². The van der Waals surface area contributed by atoms with Gasteiger partial charge in [0.05, 0.1) is 13.2 Å². The summed E-state index contributed by atoms with van der Waals surface area (Å²) in [4.78, 5) is 0. The van der Waals surface area contributed by atoms with E-state index in [1.165, 1.54) is 5.56 Å². The SMILES string of the molecule is CCOc1cccc(C2(CO)CCNC(C)(C)C2)c1. The van der Waals surface area contributed by atoms with Gasteiger partial charge in [-0.1, -0.05) is 12.1 Å². The van der Waals surface area contributed by atoms with E-state index in [-0.39, 0.29) is 17.6 Å². The van der Waals surface area contributed by atoms with Gasteiger partial charge in [0.2, 0.25) is 0 Å². The molecule has 0 radical (unpaired) electrons. The normalized spacial score (nSPS) is 26.1. The van der Waals surface area contributed by atoms with E-state index in [1.807, 2.05) is 19.1 Å². The Morgan fingerprint density at radius 2 is 2.16 bits per heavy atom. The summed E-state index contributed by atoms with van der Waals surface area (Å²) in [5, 5.41) is 13.5. The molecule has 0 aliphatic carbocycles. The Labute approximate surface area is 116 Å². The largest absolute Gasteiger partial charge is 0.494 e. The Bertz CT molecular complexity index is 431. The van der Waals surface area contributed by atoms with E-state index in [9.17, 15) is 5.11 Å². The highest BCUT2D eigenvalue weighted by molar-refractivity contribution is 5.35. The van der Waals surface area contributed by atoms with Crippen molar-refractivity contribution in [1.82, 2.24) is 5.32 Å². The highest BCUT2D eigenvalue weighted by atomic mass is 16.5. The van der Waals surface area contributed by atoms with Gasteiger partial charge in [-0.2, -0.15) is 0 Å². The smallest absolute Gasteiger partial charge is 0.119 e. The summed E-state index contributed by atoms with van der Waals surface area (Å²) in [7, 11) is 0. The Morgan fingerprint density at radius 1 is 1.37 bits per heavy atom. The number of benzene rings is 1. The Morgan fingerprint density at radius 3 is 2.79 bits per heavy atom. The van der Waals surface area contributed by atoms with Gasteiger partial charge in [-0.3, -0.25) is 0 Å². The first kappa shape index (κ1) is 14.4. The molecule has 3 nitrogen and oxygen atoms in total. The van der Waals surface area contributed by atoms with Crippen LogP contribution in [0.15, 0.2) is 24.3 Å². The molecule has 1 saturated heterocycles. The minimum atomic E-state index is -0.151. The van der Waals surface area contributed by atoms with Crippen molar-refractivity contribution in [3.05, 3.63) is 29.8 Å². The molecule has 1 aromatic carbocycles. The molecule has 2 rings (SSSR count). The van der Waals surface area contributed by atoms with Gasteiger partial charge in [0.25, 0.3) is 0 Å². The summed E-state index contributed by atoms with van der Waals surface area (Å²) in [6.07, 6.45) is 1.90. The fourth-order valence-corrected chi connectivity index (χ4v) is 3.19. The third kappa shape index (κ3) is 3.10. The van der Waals surface area contributed by atoms with Gasteiger partial charge in [0.15, 0.2) is 0 Å². The van der Waals surface area contributed by atoms with E-state index in [4.69, 9.17) is 4.74 Å². The highest BCUT2D eigenvalue weighted by Crippen LogP contribution is 2.39. The zero-order valence-corrected chi connectivity index (χ0v) is 12.2. The molecule has 1 fully saturated rings. The molecule has 106 valence electrons. The van der Waals surface area contributed by atoms with E-state index in [0.29, 0.717) is 6.61 Å². The van der Waals surface area contributed by atoms with Crippen molar-refractivity contribution in [1.29, 1.82) is 0 Å². The molecule has 2 N–H and O–H groups in total. The molecule has 19 heavy (non-hydrogen) atoms. The molecule has 1 aliphatic rings. The molecule has 0 bridgehead atoms. The molecule has 0 aromatic heterocycles. The van der Waals surface area contributed by atoms with E-state index in [2.05, 4.69) is 31.3 Å². The first-order valence-electron chi connectivity index (χ1n) is 7.11. The Kier molecular flexibility index (Phi) is 4.16. The lowest BCUT2D eigenvalue weighted by Gasteiger charge is -2.45. The number of piperidine rings is 1. The summed E-state index contributed by atoms with van der Waals surface area (Å²) < 4.78 is 5.58. The zero-order valence-electron chi connectivity index (χ0n) is 12.2. The number of aliphatic hydroxyl groups excluding tert-OH is 1. The van der Waals surface area contributed by atoms with Crippen molar-refractivity contribution < 1.29 is 9.84 Å². The van der Waals surface area contributed by atoms with Crippen LogP contribution in [0.2, 0.25) is 0 Å². The average molecular weight is 263 g/mol. The van der Waals surface area contributed by atoms with Crippen LogP contribution in [0.4, 0.5) is 0 Å². The van der Waals surface area contributed by atoms with Crippen LogP contribution in [-0.4, -0.2) is 30.4 Å². The minimum Gasteiger partial charge on any atom is -0.494 e. The van der Waals surface area contributed by atoms with Crippen LogP contribution in [0, 0.1) is 0 Å². The number of aliphatic hydroxyl groups is 1. The van der Waals surface area contributed by atoms with Gasteiger partial charge in [-0.15, -0.1) is 0 Å². The fourth-order valence-electron chi connectivity index (χ4n) is 3.19. The second-order valence-electron chi connectivity index (χ2n) is 6.14. The summed E-state index contributed by atoms with van der Waals surface area (Å²) in [5.41, 5.74) is 1.10. The van der Waals surface area contributed by atoms with Gasteiger partial charge >= 0.3 is 0 Å². The fraction of sp³-hybridized carbons (Fsp3) is 0.625. The van der Waals surface area contributed by atoms with Crippen LogP contribution in [-0.2, 0) is 5.41 Å². The molecule has 1 heterocycles. The number of hydrogen-bond acceptors (Lipinski definition) is 3. The second-order valence-corrected chi connectivity index (χ2v) is 6.14. The van der Waals surface area contributed by atoms with Crippen LogP contribution in [0.5, 0.6) is 5.75 Å². The standard InChI is InChI=1S/C16H25NO2/c1-4-19-14-7-5-6-13(10-14)16(12-18)8-9-17-15(2,3)11-16/h5-7,10,17-18H,4,8-9,11-12H2,1-3H3. The van der Waals surface area contributed by atoms with E-state index < -0.39 is 0 Å². The molecular weight excluding hydrogens is 238 g/mol. The maximum atomic E-state index is 9.98. The third-order valence-electron chi connectivity index (χ3n) is 4.05. The molecule has 3 heteroatoms. The molecular formula is C16H25NO2.